The van der Waals surface area contributed by atoms with E-state index in [1.165, 1.54) is 15.8 Å². The summed E-state index contributed by atoms with van der Waals surface area (Å²) in [5.74, 6) is 0. The van der Waals surface area contributed by atoms with Gasteiger partial charge in [0, 0.05) is 25.6 Å². The molecule has 0 fully saturated rings. The summed E-state index contributed by atoms with van der Waals surface area (Å²) in [7, 11) is 1.69. The quantitative estimate of drug-likeness (QED) is 0.702. The molecular formula is C10H10N4O. The molecule has 0 radical (unpaired) electrons. The fourth-order valence-corrected chi connectivity index (χ4v) is 1.21. The van der Waals surface area contributed by atoms with E-state index in [4.69, 9.17) is 0 Å². The van der Waals surface area contributed by atoms with Crippen LogP contribution in [0.4, 0.5) is 10.5 Å². The smallest absolute Gasteiger partial charge is 0.295 e. The molecule has 0 saturated heterocycles. The third-order valence-corrected chi connectivity index (χ3v) is 2.05. The Morgan fingerprint density at radius 1 is 1.40 bits per heavy atom. The Kier molecular flexibility index (Phi) is 2.45. The molecule has 76 valence electrons. The summed E-state index contributed by atoms with van der Waals surface area (Å²) < 4.78 is 1.41. The number of pyridine rings is 1. The van der Waals surface area contributed by atoms with Gasteiger partial charge in [-0.1, -0.05) is 0 Å². The lowest BCUT2D eigenvalue weighted by atomic mass is 10.4. The molecule has 0 saturated carbocycles. The lowest BCUT2D eigenvalue weighted by molar-refractivity contribution is 0.249. The lowest BCUT2D eigenvalue weighted by Gasteiger charge is -2.16. The van der Waals surface area contributed by atoms with Crippen molar-refractivity contribution in [3.8, 4) is 0 Å². The highest BCUT2D eigenvalue weighted by atomic mass is 16.2. The van der Waals surface area contributed by atoms with E-state index in [1.54, 1.807) is 37.9 Å². The van der Waals surface area contributed by atoms with Crippen molar-refractivity contribution < 1.29 is 4.79 Å². The van der Waals surface area contributed by atoms with Gasteiger partial charge in [0.05, 0.1) is 11.9 Å². The SMILES string of the molecule is CN(C(=O)n1ccnc1)c1cccnc1. The Bertz CT molecular complexity index is 438. The maximum atomic E-state index is 11.8. The van der Waals surface area contributed by atoms with Crippen LogP contribution in [-0.2, 0) is 0 Å². The Balaban J connectivity index is 2.23. The van der Waals surface area contributed by atoms with Crippen LogP contribution in [-0.4, -0.2) is 27.6 Å². The van der Waals surface area contributed by atoms with E-state index in [2.05, 4.69) is 9.97 Å². The highest BCUT2D eigenvalue weighted by Gasteiger charge is 2.11. The second kappa shape index (κ2) is 3.91. The molecule has 0 aliphatic rings. The van der Waals surface area contributed by atoms with E-state index in [0.717, 1.165) is 5.69 Å². The number of carbonyl (C=O) groups excluding carboxylic acids is 1. The minimum absolute atomic E-state index is 0.166. The summed E-state index contributed by atoms with van der Waals surface area (Å²) in [6.45, 7) is 0. The first-order valence-corrected chi connectivity index (χ1v) is 4.45. The minimum Gasteiger partial charge on any atom is -0.295 e. The van der Waals surface area contributed by atoms with Crippen LogP contribution in [0.25, 0.3) is 0 Å². The molecule has 2 aromatic heterocycles. The average Bonchev–Trinajstić information content (AvgIpc) is 2.82. The number of anilines is 1. The van der Waals surface area contributed by atoms with E-state index in [9.17, 15) is 4.79 Å². The zero-order valence-corrected chi connectivity index (χ0v) is 8.24. The van der Waals surface area contributed by atoms with Gasteiger partial charge in [-0.2, -0.15) is 0 Å². The highest BCUT2D eigenvalue weighted by molar-refractivity contribution is 5.92. The van der Waals surface area contributed by atoms with Crippen LogP contribution in [0.5, 0.6) is 0 Å². The zero-order valence-electron chi connectivity index (χ0n) is 8.24. The summed E-state index contributed by atoms with van der Waals surface area (Å²) in [4.78, 5) is 21.1. The Labute approximate surface area is 87.0 Å². The van der Waals surface area contributed by atoms with Gasteiger partial charge in [-0.3, -0.25) is 14.5 Å². The molecule has 5 heteroatoms. The van der Waals surface area contributed by atoms with Crippen molar-refractivity contribution in [1.29, 1.82) is 0 Å². The molecule has 5 nitrogen and oxygen atoms in total. The van der Waals surface area contributed by atoms with E-state index in [1.807, 2.05) is 6.07 Å². The van der Waals surface area contributed by atoms with Crippen molar-refractivity contribution in [2.24, 2.45) is 0 Å². The lowest BCUT2D eigenvalue weighted by Crippen LogP contribution is -2.30. The number of nitrogens with zero attached hydrogens (tertiary/aromatic N) is 4. The van der Waals surface area contributed by atoms with E-state index in [-0.39, 0.29) is 6.03 Å². The Morgan fingerprint density at radius 3 is 2.87 bits per heavy atom. The Hall–Kier alpha value is -2.17. The van der Waals surface area contributed by atoms with Gasteiger partial charge in [0.15, 0.2) is 0 Å². The van der Waals surface area contributed by atoms with Gasteiger partial charge in [0.2, 0.25) is 0 Å². The van der Waals surface area contributed by atoms with Crippen molar-refractivity contribution in [2.45, 2.75) is 0 Å². The standard InChI is InChI=1S/C10H10N4O/c1-13(9-3-2-4-11-7-9)10(15)14-6-5-12-8-14/h2-8H,1H3. The molecule has 1 amide bonds. The molecule has 15 heavy (non-hydrogen) atoms. The second-order valence-corrected chi connectivity index (χ2v) is 3.02. The third kappa shape index (κ3) is 1.85. The Morgan fingerprint density at radius 2 is 2.27 bits per heavy atom. The maximum Gasteiger partial charge on any atom is 0.333 e. The van der Waals surface area contributed by atoms with Crippen molar-refractivity contribution in [1.82, 2.24) is 14.5 Å². The molecule has 0 aliphatic carbocycles. The van der Waals surface area contributed by atoms with Gasteiger partial charge in [-0.15, -0.1) is 0 Å². The van der Waals surface area contributed by atoms with Crippen LogP contribution in [0.1, 0.15) is 0 Å². The van der Waals surface area contributed by atoms with Crippen LogP contribution in [0.2, 0.25) is 0 Å². The van der Waals surface area contributed by atoms with Gasteiger partial charge >= 0.3 is 6.03 Å². The number of rotatable bonds is 1. The first kappa shape index (κ1) is 9.39. The van der Waals surface area contributed by atoms with Crippen LogP contribution < -0.4 is 4.90 Å². The fraction of sp³-hybridized carbons (Fsp3) is 0.100. The normalized spacial score (nSPS) is 9.93. The summed E-state index contributed by atoms with van der Waals surface area (Å²) in [5.41, 5.74) is 0.746. The molecule has 0 bridgehead atoms. The highest BCUT2D eigenvalue weighted by Crippen LogP contribution is 2.10. The first-order valence-electron chi connectivity index (χ1n) is 4.45. The number of imidazole rings is 1. The molecule has 2 rings (SSSR count). The molecule has 0 aliphatic heterocycles. The second-order valence-electron chi connectivity index (χ2n) is 3.02. The van der Waals surface area contributed by atoms with Crippen LogP contribution in [0.15, 0.2) is 43.2 Å². The van der Waals surface area contributed by atoms with Crippen molar-refractivity contribution in [2.75, 3.05) is 11.9 Å². The molecule has 0 atom stereocenters. The van der Waals surface area contributed by atoms with Gasteiger partial charge in [-0.25, -0.2) is 9.78 Å². The van der Waals surface area contributed by atoms with Gasteiger partial charge < -0.3 is 0 Å². The number of aromatic nitrogens is 3. The van der Waals surface area contributed by atoms with E-state index < -0.39 is 0 Å². The monoisotopic (exact) mass is 202 g/mol. The molecular weight excluding hydrogens is 192 g/mol. The van der Waals surface area contributed by atoms with Crippen molar-refractivity contribution >= 4 is 11.7 Å². The predicted octanol–water partition coefficient (Wildman–Crippen LogP) is 1.38. The predicted molar refractivity (Wildman–Crippen MR) is 55.7 cm³/mol. The van der Waals surface area contributed by atoms with Crippen molar-refractivity contribution in [3.05, 3.63) is 43.2 Å². The van der Waals surface area contributed by atoms with E-state index >= 15 is 0 Å². The van der Waals surface area contributed by atoms with Gasteiger partial charge in [0.1, 0.15) is 6.33 Å². The molecule has 2 heterocycles. The van der Waals surface area contributed by atoms with Gasteiger partial charge in [0.25, 0.3) is 0 Å². The summed E-state index contributed by atoms with van der Waals surface area (Å²) in [5, 5.41) is 0. The summed E-state index contributed by atoms with van der Waals surface area (Å²) in [6, 6.07) is 3.44. The fourth-order valence-electron chi connectivity index (χ4n) is 1.21. The molecule has 0 spiro atoms. The van der Waals surface area contributed by atoms with Crippen LogP contribution in [0, 0.1) is 0 Å². The topological polar surface area (TPSA) is 51.0 Å². The van der Waals surface area contributed by atoms with E-state index in [0.29, 0.717) is 0 Å². The maximum absolute atomic E-state index is 11.8. The number of carbonyl (C=O) groups is 1. The number of hydrogen-bond acceptors (Lipinski definition) is 3. The number of hydrogen-bond donors (Lipinski definition) is 0. The van der Waals surface area contributed by atoms with Crippen LogP contribution >= 0.6 is 0 Å². The summed E-state index contributed by atoms with van der Waals surface area (Å²) >= 11 is 0. The van der Waals surface area contributed by atoms with Crippen LogP contribution in [0.3, 0.4) is 0 Å². The molecule has 0 aromatic carbocycles. The minimum atomic E-state index is -0.166. The average molecular weight is 202 g/mol. The number of amides is 1. The summed E-state index contributed by atoms with van der Waals surface area (Å²) in [6.07, 6.45) is 7.94. The van der Waals surface area contributed by atoms with Crippen molar-refractivity contribution in [3.63, 3.8) is 0 Å². The molecule has 0 unspecified atom stereocenters. The van der Waals surface area contributed by atoms with Gasteiger partial charge in [-0.05, 0) is 12.1 Å². The molecule has 2 aromatic rings. The molecule has 0 N–H and O–H groups in total. The third-order valence-electron chi connectivity index (χ3n) is 2.05. The first-order chi connectivity index (χ1) is 7.29. The largest absolute Gasteiger partial charge is 0.333 e. The zero-order chi connectivity index (χ0) is 10.7.